The molecule has 4 rings (SSSR count). The topological polar surface area (TPSA) is 94.5 Å². The number of piperidine rings is 1. The molecule has 2 fully saturated rings. The maximum Gasteiger partial charge on any atom is 0.225 e. The quantitative estimate of drug-likeness (QED) is 0.622. The van der Waals surface area contributed by atoms with Crippen molar-refractivity contribution in [2.75, 3.05) is 24.2 Å². The SMILES string of the molecule is CCc1cnc(N2CCC(OC3CCC(Oc4ccc(S(C)(=O)=O)cn4)CC3)CC2)nc1. The van der Waals surface area contributed by atoms with E-state index in [1.54, 1.807) is 12.1 Å². The largest absolute Gasteiger partial charge is 0.474 e. The maximum absolute atomic E-state index is 11.5. The molecule has 0 N–H and O–H groups in total. The molecule has 174 valence electrons. The molecule has 0 aromatic carbocycles. The van der Waals surface area contributed by atoms with Gasteiger partial charge in [0.05, 0.1) is 17.1 Å². The van der Waals surface area contributed by atoms with Gasteiger partial charge < -0.3 is 14.4 Å². The van der Waals surface area contributed by atoms with Crippen molar-refractivity contribution in [2.45, 2.75) is 75.1 Å². The predicted octanol–water partition coefficient (Wildman–Crippen LogP) is 3.21. The van der Waals surface area contributed by atoms with Gasteiger partial charge in [-0.3, -0.25) is 0 Å². The highest BCUT2D eigenvalue weighted by Crippen LogP contribution is 2.28. The number of rotatable bonds is 7. The van der Waals surface area contributed by atoms with E-state index in [1.165, 1.54) is 12.5 Å². The first-order valence-electron chi connectivity index (χ1n) is 11.4. The van der Waals surface area contributed by atoms with Crippen molar-refractivity contribution in [2.24, 2.45) is 0 Å². The van der Waals surface area contributed by atoms with E-state index in [1.807, 2.05) is 12.4 Å². The van der Waals surface area contributed by atoms with E-state index in [2.05, 4.69) is 26.8 Å². The van der Waals surface area contributed by atoms with E-state index in [9.17, 15) is 8.42 Å². The van der Waals surface area contributed by atoms with Crippen LogP contribution >= 0.6 is 0 Å². The van der Waals surface area contributed by atoms with Gasteiger partial charge in [0.1, 0.15) is 6.10 Å². The number of ether oxygens (including phenoxy) is 2. The van der Waals surface area contributed by atoms with Crippen molar-refractivity contribution in [3.63, 3.8) is 0 Å². The average molecular weight is 461 g/mol. The van der Waals surface area contributed by atoms with Gasteiger partial charge in [-0.05, 0) is 56.6 Å². The number of nitrogens with zero attached hydrogens (tertiary/aromatic N) is 4. The van der Waals surface area contributed by atoms with Gasteiger partial charge in [0.25, 0.3) is 0 Å². The van der Waals surface area contributed by atoms with Crippen LogP contribution in [0.15, 0.2) is 35.6 Å². The van der Waals surface area contributed by atoms with Gasteiger partial charge in [0.15, 0.2) is 9.84 Å². The van der Waals surface area contributed by atoms with Gasteiger partial charge in [0, 0.05) is 44.0 Å². The Kier molecular flexibility index (Phi) is 7.25. The van der Waals surface area contributed by atoms with E-state index in [4.69, 9.17) is 9.47 Å². The minimum absolute atomic E-state index is 0.0940. The number of aromatic nitrogens is 3. The van der Waals surface area contributed by atoms with Crippen molar-refractivity contribution in [3.05, 3.63) is 36.3 Å². The summed E-state index contributed by atoms with van der Waals surface area (Å²) in [5.41, 5.74) is 1.16. The van der Waals surface area contributed by atoms with Crippen LogP contribution in [-0.2, 0) is 21.0 Å². The van der Waals surface area contributed by atoms with E-state index >= 15 is 0 Å². The van der Waals surface area contributed by atoms with Crippen molar-refractivity contribution >= 4 is 15.8 Å². The number of anilines is 1. The van der Waals surface area contributed by atoms with Crippen LogP contribution in [-0.4, -0.2) is 61.0 Å². The second-order valence-corrected chi connectivity index (χ2v) is 10.7. The Morgan fingerprint density at radius 3 is 2.09 bits per heavy atom. The van der Waals surface area contributed by atoms with Gasteiger partial charge >= 0.3 is 0 Å². The fourth-order valence-corrected chi connectivity index (χ4v) is 4.83. The standard InChI is InChI=1S/C23H32N4O4S/c1-3-17-14-25-23(26-15-17)27-12-10-20(11-13-27)30-18-4-6-19(7-5-18)31-22-9-8-21(16-24-22)32(2,28)29/h8-9,14-16,18-20H,3-7,10-13H2,1-2H3. The lowest BCUT2D eigenvalue weighted by Gasteiger charge is -2.36. The molecular formula is C23H32N4O4S. The van der Waals surface area contributed by atoms with Crippen LogP contribution in [0.2, 0.25) is 0 Å². The van der Waals surface area contributed by atoms with E-state index in [0.717, 1.165) is 69.5 Å². The van der Waals surface area contributed by atoms with Crippen LogP contribution in [0.5, 0.6) is 5.88 Å². The molecule has 1 aliphatic heterocycles. The minimum atomic E-state index is -3.24. The lowest BCUT2D eigenvalue weighted by molar-refractivity contribution is -0.0531. The second kappa shape index (κ2) is 10.1. The lowest BCUT2D eigenvalue weighted by atomic mass is 9.94. The molecule has 3 heterocycles. The molecule has 2 aromatic heterocycles. The maximum atomic E-state index is 11.5. The summed E-state index contributed by atoms with van der Waals surface area (Å²) in [7, 11) is -3.24. The molecule has 1 aliphatic carbocycles. The number of hydrogen-bond donors (Lipinski definition) is 0. The van der Waals surface area contributed by atoms with E-state index in [0.29, 0.717) is 5.88 Å². The van der Waals surface area contributed by atoms with Crippen LogP contribution in [0.1, 0.15) is 51.0 Å². The van der Waals surface area contributed by atoms with Gasteiger partial charge in [-0.2, -0.15) is 0 Å². The monoisotopic (exact) mass is 460 g/mol. The number of pyridine rings is 1. The van der Waals surface area contributed by atoms with Crippen molar-refractivity contribution in [3.8, 4) is 5.88 Å². The molecule has 1 saturated carbocycles. The van der Waals surface area contributed by atoms with Crippen molar-refractivity contribution < 1.29 is 17.9 Å². The third kappa shape index (κ3) is 5.95. The second-order valence-electron chi connectivity index (χ2n) is 8.69. The zero-order valence-electron chi connectivity index (χ0n) is 18.8. The first-order valence-corrected chi connectivity index (χ1v) is 13.3. The van der Waals surface area contributed by atoms with Crippen LogP contribution in [0.25, 0.3) is 0 Å². The minimum Gasteiger partial charge on any atom is -0.474 e. The first kappa shape index (κ1) is 22.9. The third-order valence-corrected chi connectivity index (χ3v) is 7.35. The summed E-state index contributed by atoms with van der Waals surface area (Å²) < 4.78 is 35.4. The molecule has 32 heavy (non-hydrogen) atoms. The van der Waals surface area contributed by atoms with Crippen LogP contribution < -0.4 is 9.64 Å². The van der Waals surface area contributed by atoms with Gasteiger partial charge in [-0.1, -0.05) is 6.92 Å². The Morgan fingerprint density at radius 1 is 0.906 bits per heavy atom. The third-order valence-electron chi connectivity index (χ3n) is 6.26. The first-order chi connectivity index (χ1) is 15.4. The van der Waals surface area contributed by atoms with Crippen LogP contribution in [0.3, 0.4) is 0 Å². The Hall–Kier alpha value is -2.26. The Labute approximate surface area is 190 Å². The van der Waals surface area contributed by atoms with Crippen molar-refractivity contribution in [1.29, 1.82) is 0 Å². The predicted molar refractivity (Wildman–Crippen MR) is 122 cm³/mol. The van der Waals surface area contributed by atoms with Gasteiger partial charge in [-0.25, -0.2) is 23.4 Å². The van der Waals surface area contributed by atoms with Crippen LogP contribution in [0.4, 0.5) is 5.95 Å². The molecule has 0 atom stereocenters. The molecule has 2 aliphatic rings. The van der Waals surface area contributed by atoms with E-state index in [-0.39, 0.29) is 23.2 Å². The lowest BCUT2D eigenvalue weighted by Crippen LogP contribution is -2.40. The summed E-state index contributed by atoms with van der Waals surface area (Å²) in [4.78, 5) is 15.6. The molecular weight excluding hydrogens is 428 g/mol. The number of hydrogen-bond acceptors (Lipinski definition) is 8. The Bertz CT molecular complexity index is 966. The molecule has 1 saturated heterocycles. The molecule has 0 radical (unpaired) electrons. The summed E-state index contributed by atoms with van der Waals surface area (Å²) >= 11 is 0. The smallest absolute Gasteiger partial charge is 0.225 e. The fourth-order valence-electron chi connectivity index (χ4n) is 4.27. The fraction of sp³-hybridized carbons (Fsp3) is 0.609. The molecule has 0 unspecified atom stereocenters. The zero-order chi connectivity index (χ0) is 22.6. The molecule has 0 bridgehead atoms. The highest BCUT2D eigenvalue weighted by Gasteiger charge is 2.28. The summed E-state index contributed by atoms with van der Waals surface area (Å²) in [5.74, 6) is 1.29. The van der Waals surface area contributed by atoms with Crippen molar-refractivity contribution in [1.82, 2.24) is 15.0 Å². The summed E-state index contributed by atoms with van der Waals surface area (Å²) in [5, 5.41) is 0. The normalized spacial score (nSPS) is 22.6. The number of sulfone groups is 1. The highest BCUT2D eigenvalue weighted by molar-refractivity contribution is 7.90. The molecule has 0 spiro atoms. The van der Waals surface area contributed by atoms with Gasteiger partial charge in [0.2, 0.25) is 11.8 Å². The zero-order valence-corrected chi connectivity index (χ0v) is 19.6. The summed E-state index contributed by atoms with van der Waals surface area (Å²) in [6.45, 7) is 3.95. The average Bonchev–Trinajstić information content (AvgIpc) is 2.81. The number of aryl methyl sites for hydroxylation is 1. The summed E-state index contributed by atoms with van der Waals surface area (Å²) in [6, 6.07) is 3.17. The van der Waals surface area contributed by atoms with E-state index < -0.39 is 9.84 Å². The van der Waals surface area contributed by atoms with Gasteiger partial charge in [-0.15, -0.1) is 0 Å². The molecule has 2 aromatic rings. The Balaban J connectivity index is 1.18. The highest BCUT2D eigenvalue weighted by atomic mass is 32.2. The molecule has 0 amide bonds. The van der Waals surface area contributed by atoms with Crippen LogP contribution in [0, 0.1) is 0 Å². The molecule has 8 nitrogen and oxygen atoms in total. The molecule has 9 heteroatoms. The Morgan fingerprint density at radius 2 is 1.53 bits per heavy atom. The summed E-state index contributed by atoms with van der Waals surface area (Å²) in [6.07, 6.45) is 13.7.